The molecule has 2 aromatic carbocycles. The number of carbonyl (C=O) groups excluding carboxylic acids is 2. The molecule has 4 aromatic rings. The number of ketones is 1. The SMILES string of the molecule is Cc1ccc2c(c1)c(C1=CC=CCC1=O)c(C(=O)NS(C)(=O)=O)n2Cc1cnc2ccccc2c1Cl. The van der Waals surface area contributed by atoms with E-state index in [1.807, 2.05) is 49.4 Å². The largest absolute Gasteiger partial charge is 0.331 e. The second-order valence-corrected chi connectivity index (χ2v) is 10.9. The van der Waals surface area contributed by atoms with Gasteiger partial charge >= 0.3 is 0 Å². The van der Waals surface area contributed by atoms with Gasteiger partial charge in [-0.05, 0) is 25.1 Å². The number of nitrogens with zero attached hydrogens (tertiary/aromatic N) is 2. The summed E-state index contributed by atoms with van der Waals surface area (Å²) < 4.78 is 27.9. The Kier molecular flexibility index (Phi) is 6.02. The number of carbonyl (C=O) groups is 2. The van der Waals surface area contributed by atoms with Gasteiger partial charge in [-0.15, -0.1) is 0 Å². The van der Waals surface area contributed by atoms with Crippen LogP contribution < -0.4 is 4.72 Å². The van der Waals surface area contributed by atoms with Gasteiger partial charge in [-0.1, -0.05) is 59.7 Å². The van der Waals surface area contributed by atoms with Gasteiger partial charge in [-0.2, -0.15) is 0 Å². The topological polar surface area (TPSA) is 98.1 Å². The number of fused-ring (bicyclic) bond motifs is 2. The number of hydrogen-bond acceptors (Lipinski definition) is 5. The van der Waals surface area contributed by atoms with Gasteiger partial charge in [0.2, 0.25) is 10.0 Å². The second-order valence-electron chi connectivity index (χ2n) is 8.78. The number of Topliss-reactive ketones (excluding diaryl/α,β-unsaturated/α-hetero) is 1. The van der Waals surface area contributed by atoms with E-state index >= 15 is 0 Å². The first-order valence-corrected chi connectivity index (χ1v) is 13.5. The monoisotopic (exact) mass is 519 g/mol. The first-order chi connectivity index (χ1) is 17.1. The Bertz CT molecular complexity index is 1750. The summed E-state index contributed by atoms with van der Waals surface area (Å²) in [7, 11) is -3.87. The highest BCUT2D eigenvalue weighted by Gasteiger charge is 2.30. The number of allylic oxidation sites excluding steroid dienone is 4. The Morgan fingerprint density at radius 3 is 2.69 bits per heavy atom. The summed E-state index contributed by atoms with van der Waals surface area (Å²) in [6.45, 7) is 2.05. The number of rotatable bonds is 5. The van der Waals surface area contributed by atoms with Gasteiger partial charge in [0.15, 0.2) is 5.78 Å². The highest BCUT2D eigenvalue weighted by molar-refractivity contribution is 7.89. The molecular weight excluding hydrogens is 498 g/mol. The lowest BCUT2D eigenvalue weighted by Crippen LogP contribution is -2.32. The minimum absolute atomic E-state index is 0.0696. The second kappa shape index (κ2) is 9.04. The summed E-state index contributed by atoms with van der Waals surface area (Å²) in [6.07, 6.45) is 7.92. The number of hydrogen-bond donors (Lipinski definition) is 1. The van der Waals surface area contributed by atoms with E-state index in [2.05, 4.69) is 9.71 Å². The van der Waals surface area contributed by atoms with E-state index in [0.29, 0.717) is 32.6 Å². The van der Waals surface area contributed by atoms with Gasteiger partial charge in [0.25, 0.3) is 5.91 Å². The van der Waals surface area contributed by atoms with Crippen LogP contribution in [0.25, 0.3) is 27.4 Å². The first-order valence-electron chi connectivity index (χ1n) is 11.2. The van der Waals surface area contributed by atoms with Crippen LogP contribution in [-0.2, 0) is 21.4 Å². The predicted octanol–water partition coefficient (Wildman–Crippen LogP) is 4.80. The smallest absolute Gasteiger partial charge is 0.282 e. The van der Waals surface area contributed by atoms with Gasteiger partial charge in [-0.25, -0.2) is 13.1 Å². The molecule has 7 nitrogen and oxygen atoms in total. The van der Waals surface area contributed by atoms with Crippen LogP contribution in [0.15, 0.2) is 66.9 Å². The van der Waals surface area contributed by atoms with E-state index < -0.39 is 15.9 Å². The number of nitrogens with one attached hydrogen (secondary N) is 1. The van der Waals surface area contributed by atoms with Crippen LogP contribution in [0.5, 0.6) is 0 Å². The minimum atomic E-state index is -3.87. The van der Waals surface area contributed by atoms with Crippen molar-refractivity contribution < 1.29 is 18.0 Å². The number of para-hydroxylation sites is 1. The van der Waals surface area contributed by atoms with Crippen molar-refractivity contribution in [3.8, 4) is 0 Å². The number of benzene rings is 2. The van der Waals surface area contributed by atoms with E-state index in [1.54, 1.807) is 29.0 Å². The molecule has 0 unspecified atom stereocenters. The van der Waals surface area contributed by atoms with Gasteiger partial charge in [-0.3, -0.25) is 14.6 Å². The lowest BCUT2D eigenvalue weighted by Gasteiger charge is -2.15. The Hall–Kier alpha value is -3.75. The minimum Gasteiger partial charge on any atom is -0.331 e. The summed E-state index contributed by atoms with van der Waals surface area (Å²) in [4.78, 5) is 30.9. The van der Waals surface area contributed by atoms with E-state index in [-0.39, 0.29) is 24.4 Å². The normalized spacial score (nSPS) is 13.9. The molecule has 1 aliphatic carbocycles. The lowest BCUT2D eigenvalue weighted by atomic mass is 9.93. The zero-order chi connectivity index (χ0) is 25.6. The fourth-order valence-corrected chi connectivity index (χ4v) is 5.25. The maximum absolute atomic E-state index is 13.5. The van der Waals surface area contributed by atoms with Crippen molar-refractivity contribution in [1.82, 2.24) is 14.3 Å². The zero-order valence-corrected chi connectivity index (χ0v) is 21.2. The van der Waals surface area contributed by atoms with Gasteiger partial charge in [0.1, 0.15) is 5.69 Å². The Morgan fingerprint density at radius 2 is 1.94 bits per heavy atom. The average molecular weight is 520 g/mol. The number of aromatic nitrogens is 2. The molecule has 182 valence electrons. The fourth-order valence-electron chi connectivity index (χ4n) is 4.55. The number of amides is 1. The molecule has 0 radical (unpaired) electrons. The summed E-state index contributed by atoms with van der Waals surface area (Å²) in [6, 6.07) is 13.1. The maximum atomic E-state index is 13.5. The van der Waals surface area contributed by atoms with Crippen molar-refractivity contribution >= 4 is 60.7 Å². The molecule has 36 heavy (non-hydrogen) atoms. The van der Waals surface area contributed by atoms with E-state index in [0.717, 1.165) is 22.7 Å². The molecule has 0 saturated heterocycles. The van der Waals surface area contributed by atoms with Crippen molar-refractivity contribution in [2.75, 3.05) is 6.26 Å². The Labute approximate surface area is 213 Å². The quantitative estimate of drug-likeness (QED) is 0.408. The van der Waals surface area contributed by atoms with Crippen molar-refractivity contribution in [3.63, 3.8) is 0 Å². The third-order valence-electron chi connectivity index (χ3n) is 6.09. The molecule has 0 spiro atoms. The molecule has 1 amide bonds. The third kappa shape index (κ3) is 4.34. The molecule has 5 rings (SSSR count). The molecule has 0 saturated carbocycles. The van der Waals surface area contributed by atoms with Crippen LogP contribution in [0.3, 0.4) is 0 Å². The van der Waals surface area contributed by atoms with Crippen molar-refractivity contribution in [3.05, 3.63) is 94.3 Å². The molecular formula is C27H22ClN3O4S. The van der Waals surface area contributed by atoms with Crippen LogP contribution in [-0.4, -0.2) is 35.9 Å². The summed E-state index contributed by atoms with van der Waals surface area (Å²) in [5, 5.41) is 1.93. The van der Waals surface area contributed by atoms with Crippen LogP contribution in [0.2, 0.25) is 5.02 Å². The zero-order valence-electron chi connectivity index (χ0n) is 19.6. The predicted molar refractivity (Wildman–Crippen MR) is 142 cm³/mol. The van der Waals surface area contributed by atoms with Crippen LogP contribution in [0.4, 0.5) is 0 Å². The van der Waals surface area contributed by atoms with Crippen molar-refractivity contribution in [1.29, 1.82) is 0 Å². The first kappa shape index (κ1) is 24.0. The number of aryl methyl sites for hydroxylation is 1. The fraction of sp³-hybridized carbons (Fsp3) is 0.148. The van der Waals surface area contributed by atoms with Crippen LogP contribution >= 0.6 is 11.6 Å². The molecule has 0 fully saturated rings. The number of pyridine rings is 1. The summed E-state index contributed by atoms with van der Waals surface area (Å²) >= 11 is 6.76. The van der Waals surface area contributed by atoms with Crippen molar-refractivity contribution in [2.24, 2.45) is 0 Å². The Balaban J connectivity index is 1.81. The van der Waals surface area contributed by atoms with E-state index in [4.69, 9.17) is 11.6 Å². The number of halogens is 1. The van der Waals surface area contributed by atoms with Crippen molar-refractivity contribution in [2.45, 2.75) is 19.9 Å². The summed E-state index contributed by atoms with van der Waals surface area (Å²) in [5.41, 5.74) is 3.81. The maximum Gasteiger partial charge on any atom is 0.282 e. The van der Waals surface area contributed by atoms with Gasteiger partial charge in [0.05, 0.1) is 23.3 Å². The standard InChI is InChI=1S/C27H22ClN3O4S/c1-16-11-12-22-20(13-16)24(19-8-4-6-10-23(19)32)26(27(33)30-36(2,34)35)31(22)15-17-14-29-21-9-5-3-7-18(21)25(17)28/h3-9,11-14H,10,15H2,1-2H3,(H,30,33). The van der Waals surface area contributed by atoms with E-state index in [9.17, 15) is 18.0 Å². The molecule has 1 N–H and O–H groups in total. The Morgan fingerprint density at radius 1 is 1.17 bits per heavy atom. The lowest BCUT2D eigenvalue weighted by molar-refractivity contribution is -0.113. The third-order valence-corrected chi connectivity index (χ3v) is 7.10. The molecule has 1 aliphatic rings. The molecule has 9 heteroatoms. The van der Waals surface area contributed by atoms with Gasteiger partial charge in [0, 0.05) is 45.6 Å². The molecule has 0 aliphatic heterocycles. The summed E-state index contributed by atoms with van der Waals surface area (Å²) in [5.74, 6) is -0.980. The van der Waals surface area contributed by atoms with Crippen LogP contribution in [0.1, 0.15) is 33.6 Å². The molecule has 2 aromatic heterocycles. The highest BCUT2D eigenvalue weighted by Crippen LogP contribution is 2.36. The van der Waals surface area contributed by atoms with Crippen LogP contribution in [0, 0.1) is 6.92 Å². The molecule has 0 atom stereocenters. The van der Waals surface area contributed by atoms with E-state index in [1.165, 1.54) is 0 Å². The number of sulfonamides is 1. The average Bonchev–Trinajstić information content (AvgIpc) is 3.13. The van der Waals surface area contributed by atoms with Gasteiger partial charge < -0.3 is 4.57 Å². The molecule has 0 bridgehead atoms. The highest BCUT2D eigenvalue weighted by atomic mass is 35.5. The molecule has 2 heterocycles.